The second kappa shape index (κ2) is 11.6. The molecule has 2 aliphatic rings. The molecule has 0 aliphatic carbocycles. The van der Waals surface area contributed by atoms with Crippen LogP contribution in [0.3, 0.4) is 0 Å². The summed E-state index contributed by atoms with van der Waals surface area (Å²) in [5, 5.41) is 11.9. The minimum Gasteiger partial charge on any atom is -0.480 e. The molecule has 0 bridgehead atoms. The van der Waals surface area contributed by atoms with Crippen molar-refractivity contribution in [3.63, 3.8) is 0 Å². The number of carbonyl (C=O) groups is 2. The number of nitrogens with zero attached hydrogens (tertiary/aromatic N) is 4. The van der Waals surface area contributed by atoms with Crippen molar-refractivity contribution < 1.29 is 14.3 Å². The van der Waals surface area contributed by atoms with Gasteiger partial charge in [-0.25, -0.2) is 4.98 Å². The molecule has 1 atom stereocenters. The van der Waals surface area contributed by atoms with Gasteiger partial charge in [0.15, 0.2) is 5.78 Å². The molecule has 4 aromatic rings. The first-order valence-corrected chi connectivity index (χ1v) is 14.3. The number of ketones is 1. The van der Waals surface area contributed by atoms with Gasteiger partial charge in [0.1, 0.15) is 11.4 Å². The normalized spacial score (nSPS) is 16.5. The van der Waals surface area contributed by atoms with Crippen LogP contribution in [0.5, 0.6) is 5.88 Å². The lowest BCUT2D eigenvalue weighted by molar-refractivity contribution is -0.119. The largest absolute Gasteiger partial charge is 0.480 e. The van der Waals surface area contributed by atoms with Crippen LogP contribution in [0.2, 0.25) is 10.0 Å². The van der Waals surface area contributed by atoms with Gasteiger partial charge in [0.05, 0.1) is 34.7 Å². The fraction of sp³-hybridized carbons (Fsp3) is 0.300. The van der Waals surface area contributed by atoms with Gasteiger partial charge >= 0.3 is 0 Å². The number of halogens is 2. The lowest BCUT2D eigenvalue weighted by Crippen LogP contribution is -2.35. The molecular formula is C30H28Cl2N6O3. The summed E-state index contributed by atoms with van der Waals surface area (Å²) >= 11 is 13.9. The summed E-state index contributed by atoms with van der Waals surface area (Å²) < 4.78 is 7.31. The quantitative estimate of drug-likeness (QED) is 0.285. The molecule has 2 N–H and O–H groups in total. The molecule has 210 valence electrons. The Bertz CT molecular complexity index is 1650. The molecule has 41 heavy (non-hydrogen) atoms. The Morgan fingerprint density at radius 3 is 2.39 bits per heavy atom. The van der Waals surface area contributed by atoms with Crippen LogP contribution in [0.4, 0.5) is 0 Å². The van der Waals surface area contributed by atoms with Crippen LogP contribution in [-0.4, -0.2) is 51.1 Å². The van der Waals surface area contributed by atoms with Gasteiger partial charge in [-0.1, -0.05) is 59.6 Å². The molecule has 9 nitrogen and oxygen atoms in total. The molecule has 2 aromatic carbocycles. The minimum atomic E-state index is 0.0856. The fourth-order valence-electron chi connectivity index (χ4n) is 5.34. The number of hydrogen-bond acceptors (Lipinski definition) is 7. The van der Waals surface area contributed by atoms with Gasteiger partial charge in [-0.05, 0) is 18.9 Å². The number of carbonyl (C=O) groups excluding carboxylic acids is 2. The first kappa shape index (κ1) is 27.4. The van der Waals surface area contributed by atoms with E-state index in [1.807, 2.05) is 42.5 Å². The number of aromatic nitrogens is 4. The van der Waals surface area contributed by atoms with E-state index in [9.17, 15) is 9.59 Å². The zero-order valence-electron chi connectivity index (χ0n) is 22.4. The van der Waals surface area contributed by atoms with Crippen LogP contribution in [0.25, 0.3) is 33.6 Å². The smallest absolute Gasteiger partial charge is 0.237 e. The van der Waals surface area contributed by atoms with E-state index in [1.54, 1.807) is 18.0 Å². The highest BCUT2D eigenvalue weighted by Gasteiger charge is 2.23. The van der Waals surface area contributed by atoms with E-state index in [0.29, 0.717) is 76.7 Å². The first-order valence-electron chi connectivity index (χ1n) is 13.5. The van der Waals surface area contributed by atoms with Crippen LogP contribution in [0.15, 0.2) is 48.7 Å². The number of amides is 1. The van der Waals surface area contributed by atoms with E-state index < -0.39 is 0 Å². The molecule has 0 radical (unpaired) electrons. The maximum Gasteiger partial charge on any atom is 0.237 e. The van der Waals surface area contributed by atoms with Crippen LogP contribution >= 0.6 is 23.2 Å². The molecule has 11 heteroatoms. The molecule has 1 fully saturated rings. The Labute approximate surface area is 247 Å². The van der Waals surface area contributed by atoms with E-state index in [4.69, 9.17) is 32.9 Å². The third-order valence-electron chi connectivity index (χ3n) is 7.45. The molecular weight excluding hydrogens is 563 g/mol. The molecule has 1 amide bonds. The van der Waals surface area contributed by atoms with Gasteiger partial charge in [0.25, 0.3) is 0 Å². The van der Waals surface area contributed by atoms with Gasteiger partial charge in [-0.15, -0.1) is 0 Å². The number of rotatable bonds is 8. The maximum absolute atomic E-state index is 12.4. The molecule has 4 heterocycles. The zero-order chi connectivity index (χ0) is 28.5. The predicted octanol–water partition coefficient (Wildman–Crippen LogP) is 5.33. The minimum absolute atomic E-state index is 0.0856. The number of methoxy groups -OCH3 is 1. The van der Waals surface area contributed by atoms with Gasteiger partial charge in [0.2, 0.25) is 11.8 Å². The summed E-state index contributed by atoms with van der Waals surface area (Å²) in [6, 6.07) is 13.3. The molecule has 2 aliphatic heterocycles. The van der Waals surface area contributed by atoms with Crippen molar-refractivity contribution in [1.82, 2.24) is 30.4 Å². The third kappa shape index (κ3) is 5.45. The SMILES string of the molecule is COc1nc(-c2cccc(-c3cccc(-c4cc5n(n4)CCCC5=O)c3Cl)c2Cl)cnc1CNC[C@@H]1CCC(=O)N1. The Morgan fingerprint density at radius 2 is 1.73 bits per heavy atom. The molecule has 2 aromatic heterocycles. The summed E-state index contributed by atoms with van der Waals surface area (Å²) in [4.78, 5) is 33.1. The number of benzene rings is 2. The summed E-state index contributed by atoms with van der Waals surface area (Å²) in [5.74, 6) is 0.575. The first-order chi connectivity index (χ1) is 19.9. The topological polar surface area (TPSA) is 111 Å². The Morgan fingerprint density at radius 1 is 1.02 bits per heavy atom. The van der Waals surface area contributed by atoms with E-state index >= 15 is 0 Å². The van der Waals surface area contributed by atoms with Crippen LogP contribution < -0.4 is 15.4 Å². The van der Waals surface area contributed by atoms with E-state index in [-0.39, 0.29) is 17.7 Å². The van der Waals surface area contributed by atoms with Crippen molar-refractivity contribution in [3.05, 3.63) is 70.1 Å². The molecule has 0 unspecified atom stereocenters. The Hall–Kier alpha value is -3.79. The van der Waals surface area contributed by atoms with E-state index in [0.717, 1.165) is 29.5 Å². The van der Waals surface area contributed by atoms with Crippen molar-refractivity contribution in [1.29, 1.82) is 0 Å². The molecule has 1 saturated heterocycles. The Balaban J connectivity index is 1.28. The average Bonchev–Trinajstić information content (AvgIpc) is 3.60. The van der Waals surface area contributed by atoms with E-state index in [1.165, 1.54) is 0 Å². The third-order valence-corrected chi connectivity index (χ3v) is 8.27. The second-order valence-electron chi connectivity index (χ2n) is 10.1. The van der Waals surface area contributed by atoms with Crippen molar-refractivity contribution in [3.8, 4) is 39.5 Å². The van der Waals surface area contributed by atoms with Gasteiger partial charge in [0, 0.05) is 60.8 Å². The van der Waals surface area contributed by atoms with Crippen LogP contribution in [-0.2, 0) is 17.9 Å². The average molecular weight is 591 g/mol. The maximum atomic E-state index is 12.4. The number of hydrogen-bond donors (Lipinski definition) is 2. The number of fused-ring (bicyclic) bond motifs is 1. The summed E-state index contributed by atoms with van der Waals surface area (Å²) in [6.45, 7) is 1.80. The molecule has 0 saturated carbocycles. The number of Topliss-reactive ketones (excluding diaryl/α,β-unsaturated/α-hetero) is 1. The Kier molecular flexibility index (Phi) is 7.75. The van der Waals surface area contributed by atoms with Crippen molar-refractivity contribution >= 4 is 34.9 Å². The fourth-order valence-corrected chi connectivity index (χ4v) is 5.99. The highest BCUT2D eigenvalue weighted by atomic mass is 35.5. The molecule has 0 spiro atoms. The lowest BCUT2D eigenvalue weighted by atomic mass is 9.98. The van der Waals surface area contributed by atoms with Gasteiger partial charge in [-0.3, -0.25) is 19.3 Å². The summed E-state index contributed by atoms with van der Waals surface area (Å²) in [7, 11) is 1.55. The standard InChI is InChI=1S/C30H28Cl2N6O3/c1-41-30-24(15-33-14-17-10-11-27(40)35-17)34-16-23(36-30)21-8-3-6-19(29(21)32)18-5-2-7-20(28(18)31)22-13-25-26(39)9-4-12-38(25)37-22/h2-3,5-8,13,16-17,33H,4,9-12,14-15H2,1H3,(H,35,40)/t17-/m0/s1. The van der Waals surface area contributed by atoms with Crippen LogP contribution in [0.1, 0.15) is 41.9 Å². The second-order valence-corrected chi connectivity index (χ2v) is 10.9. The van der Waals surface area contributed by atoms with Crippen LogP contribution in [0, 0.1) is 0 Å². The number of nitrogens with one attached hydrogen (secondary N) is 2. The highest BCUT2D eigenvalue weighted by molar-refractivity contribution is 6.39. The van der Waals surface area contributed by atoms with Gasteiger partial charge < -0.3 is 15.4 Å². The molecule has 6 rings (SSSR count). The van der Waals surface area contributed by atoms with Gasteiger partial charge in [-0.2, -0.15) is 5.10 Å². The highest BCUT2D eigenvalue weighted by Crippen LogP contribution is 2.42. The summed E-state index contributed by atoms with van der Waals surface area (Å²) in [6.07, 6.45) is 4.37. The van der Waals surface area contributed by atoms with E-state index in [2.05, 4.69) is 20.7 Å². The monoisotopic (exact) mass is 590 g/mol. The van der Waals surface area contributed by atoms with Crippen molar-refractivity contribution in [2.45, 2.75) is 44.8 Å². The van der Waals surface area contributed by atoms with Crippen molar-refractivity contribution in [2.24, 2.45) is 0 Å². The number of ether oxygens (including phenoxy) is 1. The van der Waals surface area contributed by atoms with Crippen molar-refractivity contribution in [2.75, 3.05) is 13.7 Å². The zero-order valence-corrected chi connectivity index (χ0v) is 23.9. The summed E-state index contributed by atoms with van der Waals surface area (Å²) in [5.41, 5.74) is 5.39. The number of aryl methyl sites for hydroxylation is 1. The lowest BCUT2D eigenvalue weighted by Gasteiger charge is -2.15. The predicted molar refractivity (Wildman–Crippen MR) is 157 cm³/mol.